The number of amides is 2. The van der Waals surface area contributed by atoms with Gasteiger partial charge in [-0.25, -0.2) is 8.70 Å². The van der Waals surface area contributed by atoms with E-state index in [0.29, 0.717) is 17.7 Å². The lowest BCUT2D eigenvalue weighted by molar-refractivity contribution is -0.140. The van der Waals surface area contributed by atoms with Crippen molar-refractivity contribution in [2.24, 2.45) is 0 Å². The van der Waals surface area contributed by atoms with E-state index in [1.54, 1.807) is 42.5 Å². The highest BCUT2D eigenvalue weighted by Crippen LogP contribution is 2.21. The van der Waals surface area contributed by atoms with Crippen molar-refractivity contribution in [3.05, 3.63) is 102 Å². The van der Waals surface area contributed by atoms with Gasteiger partial charge in [0.2, 0.25) is 11.8 Å². The first kappa shape index (κ1) is 30.8. The summed E-state index contributed by atoms with van der Waals surface area (Å²) in [6.45, 7) is 3.27. The summed E-state index contributed by atoms with van der Waals surface area (Å²) in [5, 5.41) is 2.98. The van der Waals surface area contributed by atoms with E-state index in [0.717, 1.165) is 14.2 Å². The molecule has 3 aromatic rings. The number of para-hydroxylation sites is 1. The molecule has 2 atom stereocenters. The molecule has 0 spiro atoms. The third kappa shape index (κ3) is 8.12. The van der Waals surface area contributed by atoms with Gasteiger partial charge >= 0.3 is 10.2 Å². The van der Waals surface area contributed by atoms with E-state index in [1.807, 2.05) is 44.2 Å². The molecule has 0 fully saturated rings. The van der Waals surface area contributed by atoms with Crippen molar-refractivity contribution < 1.29 is 22.4 Å². The molecule has 0 bridgehead atoms. The third-order valence-electron chi connectivity index (χ3n) is 6.60. The van der Waals surface area contributed by atoms with Crippen LogP contribution in [-0.2, 0) is 32.8 Å². The van der Waals surface area contributed by atoms with E-state index < -0.39 is 34.5 Å². The topological polar surface area (TPSA) is 90.0 Å². The van der Waals surface area contributed by atoms with Gasteiger partial charge in [-0.15, -0.1) is 0 Å². The fraction of sp³-hybridized carbons (Fsp3) is 0.333. The molecule has 1 N–H and O–H groups in total. The van der Waals surface area contributed by atoms with E-state index in [-0.39, 0.29) is 24.9 Å². The number of nitrogens with zero attached hydrogens (tertiary/aromatic N) is 3. The Hall–Kier alpha value is -3.76. The second-order valence-electron chi connectivity index (χ2n) is 9.80. The number of carbonyl (C=O) groups is 2. The van der Waals surface area contributed by atoms with Crippen LogP contribution >= 0.6 is 0 Å². The van der Waals surface area contributed by atoms with Gasteiger partial charge in [0.25, 0.3) is 0 Å². The monoisotopic (exact) mass is 568 g/mol. The number of carbonyl (C=O) groups excluding carboxylic acids is 2. The van der Waals surface area contributed by atoms with Crippen LogP contribution in [0.1, 0.15) is 31.4 Å². The number of hydrogen-bond acceptors (Lipinski definition) is 4. The Labute approximate surface area is 236 Å². The largest absolute Gasteiger partial charge is 0.352 e. The molecule has 214 valence electrons. The number of hydrogen-bond donors (Lipinski definition) is 1. The first-order chi connectivity index (χ1) is 19.0. The molecule has 10 heteroatoms. The average molecular weight is 569 g/mol. The molecule has 0 aliphatic heterocycles. The Morgan fingerprint density at radius 2 is 1.45 bits per heavy atom. The average Bonchev–Trinajstić information content (AvgIpc) is 2.95. The maximum atomic E-state index is 14.1. The van der Waals surface area contributed by atoms with Crippen molar-refractivity contribution in [3.8, 4) is 0 Å². The number of benzene rings is 3. The highest BCUT2D eigenvalue weighted by Gasteiger charge is 2.35. The molecule has 0 aliphatic rings. The molecule has 8 nitrogen and oxygen atoms in total. The van der Waals surface area contributed by atoms with Crippen LogP contribution in [-0.4, -0.2) is 62.2 Å². The van der Waals surface area contributed by atoms with Gasteiger partial charge in [0.1, 0.15) is 18.4 Å². The molecular weight excluding hydrogens is 531 g/mol. The Morgan fingerprint density at radius 3 is 2.00 bits per heavy atom. The summed E-state index contributed by atoms with van der Waals surface area (Å²) in [6, 6.07) is 22.2. The molecule has 0 aromatic heterocycles. The Morgan fingerprint density at radius 1 is 0.875 bits per heavy atom. The normalized spacial score (nSPS) is 12.9. The summed E-state index contributed by atoms with van der Waals surface area (Å²) in [6.07, 6.45) is 0.903. The van der Waals surface area contributed by atoms with Gasteiger partial charge < -0.3 is 10.2 Å². The third-order valence-corrected chi connectivity index (χ3v) is 8.42. The summed E-state index contributed by atoms with van der Waals surface area (Å²) in [4.78, 5) is 29.2. The van der Waals surface area contributed by atoms with Gasteiger partial charge in [-0.2, -0.15) is 12.7 Å². The minimum Gasteiger partial charge on any atom is -0.352 e. The maximum Gasteiger partial charge on any atom is 0.304 e. The van der Waals surface area contributed by atoms with E-state index in [1.165, 1.54) is 31.1 Å². The van der Waals surface area contributed by atoms with Crippen LogP contribution in [0.15, 0.2) is 84.9 Å². The lowest BCUT2D eigenvalue weighted by Crippen LogP contribution is -2.55. The van der Waals surface area contributed by atoms with Crippen molar-refractivity contribution in [2.45, 2.75) is 45.3 Å². The number of nitrogens with one attached hydrogen (secondary N) is 1. The van der Waals surface area contributed by atoms with Crippen LogP contribution in [0.2, 0.25) is 0 Å². The summed E-state index contributed by atoms with van der Waals surface area (Å²) in [5.41, 5.74) is 1.75. The molecular formula is C30H37FN4O4S. The van der Waals surface area contributed by atoms with E-state index in [9.17, 15) is 22.4 Å². The molecule has 0 unspecified atom stereocenters. The van der Waals surface area contributed by atoms with Crippen LogP contribution < -0.4 is 9.62 Å². The fourth-order valence-corrected chi connectivity index (χ4v) is 5.15. The first-order valence-electron chi connectivity index (χ1n) is 13.2. The van der Waals surface area contributed by atoms with Gasteiger partial charge in [0.15, 0.2) is 0 Å². The van der Waals surface area contributed by atoms with Crippen LogP contribution in [0.5, 0.6) is 0 Å². The minimum atomic E-state index is -4.06. The zero-order valence-electron chi connectivity index (χ0n) is 23.3. The minimum absolute atomic E-state index is 0.0187. The Bertz CT molecular complexity index is 1350. The second-order valence-corrected chi connectivity index (χ2v) is 11.9. The Balaban J connectivity index is 2.07. The highest BCUT2D eigenvalue weighted by molar-refractivity contribution is 7.90. The van der Waals surface area contributed by atoms with E-state index >= 15 is 0 Å². The second kappa shape index (κ2) is 14.0. The first-order valence-corrected chi connectivity index (χ1v) is 14.6. The molecule has 3 rings (SSSR count). The predicted molar refractivity (Wildman–Crippen MR) is 155 cm³/mol. The van der Waals surface area contributed by atoms with E-state index in [2.05, 4.69) is 5.32 Å². The summed E-state index contributed by atoms with van der Waals surface area (Å²) < 4.78 is 42.4. The van der Waals surface area contributed by atoms with E-state index in [4.69, 9.17) is 0 Å². The smallest absolute Gasteiger partial charge is 0.304 e. The van der Waals surface area contributed by atoms with Crippen molar-refractivity contribution in [1.82, 2.24) is 14.5 Å². The zero-order chi connectivity index (χ0) is 29.3. The van der Waals surface area contributed by atoms with Gasteiger partial charge in [-0.1, -0.05) is 67.6 Å². The summed E-state index contributed by atoms with van der Waals surface area (Å²) >= 11 is 0. The van der Waals surface area contributed by atoms with Crippen LogP contribution in [0.25, 0.3) is 0 Å². The molecule has 0 saturated heterocycles. The van der Waals surface area contributed by atoms with Gasteiger partial charge in [0.05, 0.1) is 5.69 Å². The molecule has 0 saturated carbocycles. The standard InChI is InChI=1S/C30H37FN4O4S/c1-5-23(2)32-30(37)28(20-24-12-8-6-9-13-24)34(21-25-16-18-26(31)19-17-25)29(36)22-35(40(38,39)33(3)4)27-14-10-7-11-15-27/h6-19,23,28H,5,20-22H2,1-4H3,(H,32,37)/t23-,28+/m0/s1. The number of rotatable bonds is 13. The van der Waals surface area contributed by atoms with Gasteiger partial charge in [-0.05, 0) is 48.7 Å². The van der Waals surface area contributed by atoms with Gasteiger partial charge in [0, 0.05) is 33.1 Å². The van der Waals surface area contributed by atoms with Crippen LogP contribution in [0, 0.1) is 5.82 Å². The molecule has 3 aromatic carbocycles. The molecule has 0 radical (unpaired) electrons. The quantitative estimate of drug-likeness (QED) is 0.338. The van der Waals surface area contributed by atoms with Crippen molar-refractivity contribution in [2.75, 3.05) is 24.9 Å². The molecule has 40 heavy (non-hydrogen) atoms. The number of anilines is 1. The van der Waals surface area contributed by atoms with Crippen LogP contribution in [0.4, 0.5) is 10.1 Å². The zero-order valence-corrected chi connectivity index (χ0v) is 24.1. The molecule has 0 heterocycles. The van der Waals surface area contributed by atoms with Gasteiger partial charge in [-0.3, -0.25) is 9.59 Å². The molecule has 0 aliphatic carbocycles. The van der Waals surface area contributed by atoms with Crippen molar-refractivity contribution in [3.63, 3.8) is 0 Å². The number of halogens is 1. The van der Waals surface area contributed by atoms with Crippen LogP contribution in [0.3, 0.4) is 0 Å². The highest BCUT2D eigenvalue weighted by atomic mass is 32.2. The SMILES string of the molecule is CC[C@H](C)NC(=O)[C@@H](Cc1ccccc1)N(Cc1ccc(F)cc1)C(=O)CN(c1ccccc1)S(=O)(=O)N(C)C. The Kier molecular flexibility index (Phi) is 10.8. The maximum absolute atomic E-state index is 14.1. The predicted octanol–water partition coefficient (Wildman–Crippen LogP) is 3.99. The molecule has 2 amide bonds. The summed E-state index contributed by atoms with van der Waals surface area (Å²) in [5.74, 6) is -1.35. The fourth-order valence-electron chi connectivity index (χ4n) is 4.09. The lowest BCUT2D eigenvalue weighted by Gasteiger charge is -2.34. The summed E-state index contributed by atoms with van der Waals surface area (Å²) in [7, 11) is -1.27. The van der Waals surface area contributed by atoms with Crippen molar-refractivity contribution in [1.29, 1.82) is 0 Å². The lowest BCUT2D eigenvalue weighted by atomic mass is 10.0. The van der Waals surface area contributed by atoms with Crippen molar-refractivity contribution >= 4 is 27.7 Å².